The Kier molecular flexibility index (Phi) is 12.1. The Hall–Kier alpha value is -3.76. The Bertz CT molecular complexity index is 1360. The number of aromatic hydroxyl groups is 1. The van der Waals surface area contributed by atoms with E-state index in [0.29, 0.717) is 30.8 Å². The van der Waals surface area contributed by atoms with Crippen LogP contribution in [0.15, 0.2) is 30.3 Å². The second-order valence-corrected chi connectivity index (χ2v) is 12.6. The first kappa shape index (κ1) is 34.7. The van der Waals surface area contributed by atoms with E-state index in [0.717, 1.165) is 16.7 Å². The number of ether oxygens (including phenoxy) is 1. The van der Waals surface area contributed by atoms with E-state index >= 15 is 0 Å². The van der Waals surface area contributed by atoms with Crippen molar-refractivity contribution in [2.24, 2.45) is 17.8 Å². The standard InChI is InChI=1S/C34H46N2O8/c1-6-44-31-10-7-22(17-24(31)18-35-33(43)36-34(3,4)5)25-8-9-28(40)32-26(25)15-21(16-30(32)42)14-23(11-12-37)27(19-38)29(41)13-20(2)39/h7-10,17,21,23,27,37-38,40H,6,11-16,18-19H2,1-5H3,(H2,35,36,43). The molecule has 2 aromatic carbocycles. The number of carbonyl (C=O) groups excluding carboxylic acids is 4. The number of nitrogens with one attached hydrogen (secondary N) is 2. The number of benzene rings is 2. The number of urea groups is 1. The largest absolute Gasteiger partial charge is 0.507 e. The molecule has 2 aromatic rings. The fourth-order valence-corrected chi connectivity index (χ4v) is 6.03. The number of fused-ring (bicyclic) bond motifs is 1. The molecule has 0 aromatic heterocycles. The predicted molar refractivity (Wildman–Crippen MR) is 167 cm³/mol. The fourth-order valence-electron chi connectivity index (χ4n) is 6.03. The molecule has 3 rings (SSSR count). The molecule has 0 bridgehead atoms. The Morgan fingerprint density at radius 3 is 2.43 bits per heavy atom. The van der Waals surface area contributed by atoms with Crippen molar-refractivity contribution in [3.8, 4) is 22.6 Å². The van der Waals surface area contributed by atoms with Gasteiger partial charge in [0.1, 0.15) is 23.1 Å². The van der Waals surface area contributed by atoms with Crippen LogP contribution in [0, 0.1) is 17.8 Å². The molecule has 1 aliphatic carbocycles. The van der Waals surface area contributed by atoms with E-state index in [2.05, 4.69) is 10.6 Å². The third-order valence-electron chi connectivity index (χ3n) is 7.87. The third-order valence-corrected chi connectivity index (χ3v) is 7.87. The second-order valence-electron chi connectivity index (χ2n) is 12.6. The Morgan fingerprint density at radius 2 is 1.82 bits per heavy atom. The summed E-state index contributed by atoms with van der Waals surface area (Å²) >= 11 is 0. The zero-order chi connectivity index (χ0) is 32.6. The van der Waals surface area contributed by atoms with Crippen molar-refractivity contribution in [2.45, 2.75) is 78.8 Å². The van der Waals surface area contributed by atoms with Crippen LogP contribution in [0.1, 0.15) is 81.8 Å². The molecule has 0 radical (unpaired) electrons. The lowest BCUT2D eigenvalue weighted by Crippen LogP contribution is -2.46. The smallest absolute Gasteiger partial charge is 0.315 e. The van der Waals surface area contributed by atoms with Gasteiger partial charge < -0.3 is 30.7 Å². The van der Waals surface area contributed by atoms with Gasteiger partial charge in [-0.15, -0.1) is 0 Å². The van der Waals surface area contributed by atoms with Crippen molar-refractivity contribution >= 4 is 23.4 Å². The molecule has 10 nitrogen and oxygen atoms in total. The number of phenolic OH excluding ortho intramolecular Hbond substituents is 1. The van der Waals surface area contributed by atoms with Crippen molar-refractivity contribution in [2.75, 3.05) is 19.8 Å². The highest BCUT2D eigenvalue weighted by Crippen LogP contribution is 2.42. The lowest BCUT2D eigenvalue weighted by molar-refractivity contribution is -0.131. The number of aliphatic hydroxyl groups is 2. The van der Waals surface area contributed by atoms with Gasteiger partial charge >= 0.3 is 6.03 Å². The average Bonchev–Trinajstić information content (AvgIpc) is 2.92. The van der Waals surface area contributed by atoms with Gasteiger partial charge in [0.25, 0.3) is 0 Å². The second kappa shape index (κ2) is 15.3. The Morgan fingerprint density at radius 1 is 1.09 bits per heavy atom. The lowest BCUT2D eigenvalue weighted by atomic mass is 9.72. The summed E-state index contributed by atoms with van der Waals surface area (Å²) in [5, 5.41) is 36.2. The average molecular weight is 611 g/mol. The molecule has 0 heterocycles. The first-order chi connectivity index (χ1) is 20.8. The predicted octanol–water partition coefficient (Wildman–Crippen LogP) is 4.35. The monoisotopic (exact) mass is 610 g/mol. The van der Waals surface area contributed by atoms with Crippen LogP contribution in [-0.2, 0) is 22.6 Å². The van der Waals surface area contributed by atoms with Gasteiger partial charge in [-0.25, -0.2) is 4.79 Å². The maximum absolute atomic E-state index is 13.4. The van der Waals surface area contributed by atoms with Gasteiger partial charge in [-0.1, -0.05) is 12.1 Å². The van der Waals surface area contributed by atoms with Gasteiger partial charge in [0.2, 0.25) is 0 Å². The SMILES string of the molecule is CCOc1ccc(-c2ccc(O)c3c2CC(CC(CCO)C(CO)C(=O)CC(C)=O)CC3=O)cc1CNC(=O)NC(C)(C)C. The number of ketones is 3. The summed E-state index contributed by atoms with van der Waals surface area (Å²) in [5.74, 6) is -1.82. The van der Waals surface area contributed by atoms with Crippen LogP contribution >= 0.6 is 0 Å². The van der Waals surface area contributed by atoms with E-state index in [9.17, 15) is 34.5 Å². The van der Waals surface area contributed by atoms with Crippen molar-refractivity contribution < 1.29 is 39.2 Å². The topological polar surface area (TPSA) is 162 Å². The molecule has 10 heteroatoms. The minimum Gasteiger partial charge on any atom is -0.507 e. The summed E-state index contributed by atoms with van der Waals surface area (Å²) in [4.78, 5) is 50.2. The van der Waals surface area contributed by atoms with Crippen LogP contribution in [0.25, 0.3) is 11.1 Å². The number of Topliss-reactive ketones (excluding diaryl/α,β-unsaturated/α-hetero) is 3. The summed E-state index contributed by atoms with van der Waals surface area (Å²) in [5.41, 5.74) is 2.82. The molecule has 0 aliphatic heterocycles. The number of rotatable bonds is 14. The summed E-state index contributed by atoms with van der Waals surface area (Å²) in [7, 11) is 0. The van der Waals surface area contributed by atoms with E-state index in [1.807, 2.05) is 45.9 Å². The van der Waals surface area contributed by atoms with Crippen LogP contribution in [0.5, 0.6) is 11.5 Å². The molecule has 2 amide bonds. The molecular weight excluding hydrogens is 564 g/mol. The molecule has 0 fully saturated rings. The molecule has 1 aliphatic rings. The highest BCUT2D eigenvalue weighted by molar-refractivity contribution is 6.03. The summed E-state index contributed by atoms with van der Waals surface area (Å²) in [6, 6.07) is 8.56. The van der Waals surface area contributed by atoms with E-state index < -0.39 is 24.0 Å². The molecule has 240 valence electrons. The van der Waals surface area contributed by atoms with Crippen molar-refractivity contribution in [3.63, 3.8) is 0 Å². The van der Waals surface area contributed by atoms with Crippen LogP contribution < -0.4 is 15.4 Å². The zero-order valence-electron chi connectivity index (χ0n) is 26.4. The molecular formula is C34H46N2O8. The van der Waals surface area contributed by atoms with E-state index in [4.69, 9.17) is 4.74 Å². The molecule has 3 atom stereocenters. The van der Waals surface area contributed by atoms with Gasteiger partial charge in [-0.05, 0) is 101 Å². The number of hydrogen-bond acceptors (Lipinski definition) is 8. The minimum atomic E-state index is -0.817. The molecule has 0 saturated heterocycles. The first-order valence-electron chi connectivity index (χ1n) is 15.2. The van der Waals surface area contributed by atoms with Crippen LogP contribution in [0.4, 0.5) is 4.79 Å². The summed E-state index contributed by atoms with van der Waals surface area (Å²) in [6.07, 6.45) is 0.922. The maximum Gasteiger partial charge on any atom is 0.315 e. The molecule has 0 spiro atoms. The van der Waals surface area contributed by atoms with Crippen LogP contribution in [0.3, 0.4) is 0 Å². The summed E-state index contributed by atoms with van der Waals surface area (Å²) < 4.78 is 5.81. The number of aliphatic hydroxyl groups excluding tert-OH is 2. The van der Waals surface area contributed by atoms with Gasteiger partial charge in [-0.2, -0.15) is 0 Å². The van der Waals surface area contributed by atoms with Crippen LogP contribution in [0.2, 0.25) is 0 Å². The van der Waals surface area contributed by atoms with E-state index in [1.165, 1.54) is 13.0 Å². The number of amides is 2. The first-order valence-corrected chi connectivity index (χ1v) is 15.2. The van der Waals surface area contributed by atoms with Gasteiger partial charge in [0, 0.05) is 36.6 Å². The lowest BCUT2D eigenvalue weighted by Gasteiger charge is -2.32. The third kappa shape index (κ3) is 9.12. The van der Waals surface area contributed by atoms with Crippen molar-refractivity contribution in [3.05, 3.63) is 47.0 Å². The number of hydrogen-bond donors (Lipinski definition) is 5. The molecule has 3 unspecified atom stereocenters. The highest BCUT2D eigenvalue weighted by Gasteiger charge is 2.35. The van der Waals surface area contributed by atoms with E-state index in [1.54, 1.807) is 6.07 Å². The normalized spacial score (nSPS) is 16.1. The fraction of sp³-hybridized carbons (Fsp3) is 0.529. The zero-order valence-corrected chi connectivity index (χ0v) is 26.4. The van der Waals surface area contributed by atoms with Gasteiger partial charge in [0.15, 0.2) is 5.78 Å². The van der Waals surface area contributed by atoms with Crippen molar-refractivity contribution in [1.29, 1.82) is 0 Å². The number of carbonyl (C=O) groups is 4. The minimum absolute atomic E-state index is 0.101. The molecule has 0 saturated carbocycles. The van der Waals surface area contributed by atoms with Crippen LogP contribution in [-0.4, -0.2) is 64.1 Å². The van der Waals surface area contributed by atoms with Crippen molar-refractivity contribution in [1.82, 2.24) is 10.6 Å². The quantitative estimate of drug-likeness (QED) is 0.197. The van der Waals surface area contributed by atoms with Gasteiger partial charge in [0.05, 0.1) is 25.2 Å². The Labute approximate surface area is 259 Å². The number of phenols is 1. The van der Waals surface area contributed by atoms with E-state index in [-0.39, 0.29) is 73.0 Å². The molecule has 5 N–H and O–H groups in total. The maximum atomic E-state index is 13.4. The Balaban J connectivity index is 1.96. The molecule has 44 heavy (non-hydrogen) atoms. The van der Waals surface area contributed by atoms with Gasteiger partial charge in [-0.3, -0.25) is 14.4 Å². The highest BCUT2D eigenvalue weighted by atomic mass is 16.5. The summed E-state index contributed by atoms with van der Waals surface area (Å²) in [6.45, 7) is 8.85.